The fourth-order valence-electron chi connectivity index (χ4n) is 2.60. The minimum absolute atomic E-state index is 0.0617. The van der Waals surface area contributed by atoms with E-state index in [0.29, 0.717) is 16.9 Å². The molecule has 3 rings (SSSR count). The first kappa shape index (κ1) is 20.9. The Morgan fingerprint density at radius 2 is 1.70 bits per heavy atom. The smallest absolute Gasteiger partial charge is 0.267 e. The van der Waals surface area contributed by atoms with Crippen molar-refractivity contribution in [3.8, 4) is 6.07 Å². The molecule has 0 fully saturated rings. The molecule has 2 N–H and O–H groups in total. The van der Waals surface area contributed by atoms with Crippen molar-refractivity contribution in [2.45, 2.75) is 16.7 Å². The molecule has 0 heterocycles. The van der Waals surface area contributed by atoms with Crippen molar-refractivity contribution in [1.82, 2.24) is 0 Å². The first-order valence-electron chi connectivity index (χ1n) is 9.18. The standard InChI is InChI=1S/C24H19N3O2S/c1-17(28)18-8-7-9-20(14-18)26-16-19(15-25)24(29)27-22-12-5-6-13-23(22)30-21-10-3-2-4-11-21/h2-14,16,26H,1H3,(H,27,29)/b19-16-. The molecule has 0 aromatic heterocycles. The molecule has 0 bridgehead atoms. The van der Waals surface area contributed by atoms with Gasteiger partial charge in [0.2, 0.25) is 0 Å². The van der Waals surface area contributed by atoms with E-state index in [0.717, 1.165) is 9.79 Å². The highest BCUT2D eigenvalue weighted by Gasteiger charge is 2.12. The number of nitrogens with one attached hydrogen (secondary N) is 2. The summed E-state index contributed by atoms with van der Waals surface area (Å²) in [4.78, 5) is 26.1. The second-order valence-electron chi connectivity index (χ2n) is 6.32. The molecule has 3 aromatic rings. The zero-order chi connectivity index (χ0) is 21.3. The Labute approximate surface area is 179 Å². The van der Waals surface area contributed by atoms with Gasteiger partial charge in [-0.1, -0.05) is 54.2 Å². The van der Waals surface area contributed by atoms with Gasteiger partial charge in [0.25, 0.3) is 5.91 Å². The van der Waals surface area contributed by atoms with E-state index in [9.17, 15) is 14.9 Å². The monoisotopic (exact) mass is 413 g/mol. The molecule has 0 atom stereocenters. The molecule has 0 aliphatic rings. The molecular formula is C24H19N3O2S. The Morgan fingerprint density at radius 1 is 0.967 bits per heavy atom. The fraction of sp³-hybridized carbons (Fsp3) is 0.0417. The number of ketones is 1. The highest BCUT2D eigenvalue weighted by atomic mass is 32.2. The van der Waals surface area contributed by atoms with E-state index in [1.54, 1.807) is 30.3 Å². The van der Waals surface area contributed by atoms with Crippen molar-refractivity contribution >= 4 is 34.8 Å². The van der Waals surface area contributed by atoms with Crippen LogP contribution in [0.5, 0.6) is 0 Å². The lowest BCUT2D eigenvalue weighted by Crippen LogP contribution is -2.15. The van der Waals surface area contributed by atoms with Crippen LogP contribution in [0, 0.1) is 11.3 Å². The second-order valence-corrected chi connectivity index (χ2v) is 7.43. The maximum atomic E-state index is 12.6. The predicted molar refractivity (Wildman–Crippen MR) is 119 cm³/mol. The zero-order valence-corrected chi connectivity index (χ0v) is 17.1. The molecule has 0 aliphatic heterocycles. The van der Waals surface area contributed by atoms with Crippen LogP contribution in [0.25, 0.3) is 0 Å². The van der Waals surface area contributed by atoms with Crippen LogP contribution in [0.4, 0.5) is 11.4 Å². The van der Waals surface area contributed by atoms with Crippen molar-refractivity contribution in [3.05, 3.63) is 96.2 Å². The van der Waals surface area contributed by atoms with Gasteiger partial charge in [-0.2, -0.15) is 5.26 Å². The van der Waals surface area contributed by atoms with Gasteiger partial charge in [0.05, 0.1) is 5.69 Å². The number of anilines is 2. The molecule has 0 saturated carbocycles. The van der Waals surface area contributed by atoms with Crippen molar-refractivity contribution < 1.29 is 9.59 Å². The number of benzene rings is 3. The van der Waals surface area contributed by atoms with Gasteiger partial charge in [0, 0.05) is 27.2 Å². The number of Topliss-reactive ketones (excluding diaryl/α,β-unsaturated/α-hetero) is 1. The van der Waals surface area contributed by atoms with Gasteiger partial charge in [0.15, 0.2) is 5.78 Å². The Kier molecular flexibility index (Phi) is 7.04. The largest absolute Gasteiger partial charge is 0.360 e. The molecule has 0 aliphatic carbocycles. The summed E-state index contributed by atoms with van der Waals surface area (Å²) < 4.78 is 0. The van der Waals surface area contributed by atoms with Crippen LogP contribution < -0.4 is 10.6 Å². The second kappa shape index (κ2) is 10.1. The summed E-state index contributed by atoms with van der Waals surface area (Å²) >= 11 is 1.53. The predicted octanol–water partition coefficient (Wildman–Crippen LogP) is 5.50. The number of hydrogen-bond donors (Lipinski definition) is 2. The maximum absolute atomic E-state index is 12.6. The summed E-state index contributed by atoms with van der Waals surface area (Å²) in [5.74, 6) is -0.581. The summed E-state index contributed by atoms with van der Waals surface area (Å²) in [6, 6.07) is 26.0. The summed E-state index contributed by atoms with van der Waals surface area (Å²) in [5.41, 5.74) is 1.70. The van der Waals surface area contributed by atoms with Gasteiger partial charge in [0.1, 0.15) is 11.6 Å². The van der Waals surface area contributed by atoms with Crippen LogP contribution >= 0.6 is 11.8 Å². The van der Waals surface area contributed by atoms with E-state index < -0.39 is 5.91 Å². The molecule has 0 saturated heterocycles. The average Bonchev–Trinajstić information content (AvgIpc) is 2.76. The topological polar surface area (TPSA) is 82.0 Å². The highest BCUT2D eigenvalue weighted by molar-refractivity contribution is 7.99. The summed E-state index contributed by atoms with van der Waals surface area (Å²) in [5, 5.41) is 15.1. The third-order valence-electron chi connectivity index (χ3n) is 4.12. The number of nitriles is 1. The van der Waals surface area contributed by atoms with Crippen molar-refractivity contribution in [1.29, 1.82) is 5.26 Å². The number of nitrogens with zero attached hydrogens (tertiary/aromatic N) is 1. The minimum atomic E-state index is -0.520. The Morgan fingerprint density at radius 3 is 2.43 bits per heavy atom. The van der Waals surface area contributed by atoms with E-state index in [2.05, 4.69) is 10.6 Å². The molecule has 5 nitrogen and oxygen atoms in total. The first-order valence-corrected chi connectivity index (χ1v) is 9.99. The number of para-hydroxylation sites is 1. The minimum Gasteiger partial charge on any atom is -0.360 e. The van der Waals surface area contributed by atoms with Gasteiger partial charge in [-0.25, -0.2) is 0 Å². The van der Waals surface area contributed by atoms with Gasteiger partial charge in [-0.05, 0) is 43.3 Å². The SMILES string of the molecule is CC(=O)c1cccc(N/C=C(/C#N)C(=O)Nc2ccccc2Sc2ccccc2)c1. The molecule has 148 valence electrons. The van der Waals surface area contributed by atoms with Gasteiger partial charge in [-0.15, -0.1) is 0 Å². The quantitative estimate of drug-likeness (QED) is 0.304. The lowest BCUT2D eigenvalue weighted by Gasteiger charge is -2.10. The summed E-state index contributed by atoms with van der Waals surface area (Å²) in [6.07, 6.45) is 1.33. The highest BCUT2D eigenvalue weighted by Crippen LogP contribution is 2.33. The van der Waals surface area contributed by atoms with Crippen molar-refractivity contribution in [2.24, 2.45) is 0 Å². The van der Waals surface area contributed by atoms with Crippen molar-refractivity contribution in [3.63, 3.8) is 0 Å². The number of rotatable bonds is 7. The molecule has 6 heteroatoms. The van der Waals surface area contributed by atoms with Crippen LogP contribution in [0.1, 0.15) is 17.3 Å². The molecule has 1 amide bonds. The number of carbonyl (C=O) groups is 2. The molecule has 0 radical (unpaired) electrons. The molecule has 3 aromatic carbocycles. The fourth-order valence-corrected chi connectivity index (χ4v) is 3.52. The Hall–Kier alpha value is -3.82. The van der Waals surface area contributed by atoms with Gasteiger partial charge >= 0.3 is 0 Å². The van der Waals surface area contributed by atoms with Crippen LogP contribution in [-0.2, 0) is 4.79 Å². The Balaban J connectivity index is 1.74. The van der Waals surface area contributed by atoms with Gasteiger partial charge in [-0.3, -0.25) is 9.59 Å². The first-order chi connectivity index (χ1) is 14.6. The zero-order valence-electron chi connectivity index (χ0n) is 16.3. The number of carbonyl (C=O) groups excluding carboxylic acids is 2. The lowest BCUT2D eigenvalue weighted by molar-refractivity contribution is -0.112. The molecule has 0 unspecified atom stereocenters. The average molecular weight is 414 g/mol. The summed E-state index contributed by atoms with van der Waals surface area (Å²) in [7, 11) is 0. The number of amides is 1. The van der Waals surface area contributed by atoms with Crippen LogP contribution in [0.15, 0.2) is 100 Å². The molecular weight excluding hydrogens is 394 g/mol. The van der Waals surface area contributed by atoms with Gasteiger partial charge < -0.3 is 10.6 Å². The van der Waals surface area contributed by atoms with Crippen LogP contribution in [-0.4, -0.2) is 11.7 Å². The third-order valence-corrected chi connectivity index (χ3v) is 5.21. The summed E-state index contributed by atoms with van der Waals surface area (Å²) in [6.45, 7) is 1.48. The van der Waals surface area contributed by atoms with Crippen LogP contribution in [0.3, 0.4) is 0 Å². The lowest BCUT2D eigenvalue weighted by atomic mass is 10.1. The maximum Gasteiger partial charge on any atom is 0.267 e. The normalized spacial score (nSPS) is 10.7. The molecule has 30 heavy (non-hydrogen) atoms. The van der Waals surface area contributed by atoms with E-state index >= 15 is 0 Å². The van der Waals surface area contributed by atoms with E-state index in [4.69, 9.17) is 0 Å². The Bertz CT molecular complexity index is 1130. The van der Waals surface area contributed by atoms with E-state index in [1.165, 1.54) is 24.9 Å². The van der Waals surface area contributed by atoms with E-state index in [1.807, 2.05) is 54.6 Å². The molecule has 0 spiro atoms. The van der Waals surface area contributed by atoms with Crippen LogP contribution in [0.2, 0.25) is 0 Å². The third kappa shape index (κ3) is 5.60. The number of hydrogen-bond acceptors (Lipinski definition) is 5. The van der Waals surface area contributed by atoms with Crippen molar-refractivity contribution in [2.75, 3.05) is 10.6 Å². The van der Waals surface area contributed by atoms with E-state index in [-0.39, 0.29) is 11.4 Å².